The average Bonchev–Trinajstić information content (AvgIpc) is 3.77. The topological polar surface area (TPSA) is 61.0 Å². The van der Waals surface area contributed by atoms with Gasteiger partial charge in [-0.3, -0.25) is 0 Å². The Morgan fingerprint density at radius 1 is 0.364 bits per heavy atom. The summed E-state index contributed by atoms with van der Waals surface area (Å²) in [6.07, 6.45) is 0. The van der Waals surface area contributed by atoms with Crippen LogP contribution < -0.4 is 4.74 Å². The van der Waals surface area contributed by atoms with Gasteiger partial charge in [0.15, 0.2) is 17.5 Å². The average molecular weight is 848 g/mol. The summed E-state index contributed by atoms with van der Waals surface area (Å²) >= 11 is 0. The van der Waals surface area contributed by atoms with Gasteiger partial charge in [0.25, 0.3) is 0 Å². The molecule has 0 fully saturated rings. The molecule has 2 aliphatic rings. The van der Waals surface area contributed by atoms with Gasteiger partial charge in [-0.2, -0.15) is 0 Å². The number of hydrogen-bond acceptors (Lipinski definition) is 5. The molecule has 0 bridgehead atoms. The predicted molar refractivity (Wildman–Crippen MR) is 265 cm³/mol. The van der Waals surface area contributed by atoms with Crippen molar-refractivity contribution in [3.63, 3.8) is 0 Å². The van der Waals surface area contributed by atoms with Gasteiger partial charge in [-0.1, -0.05) is 208 Å². The number of furan rings is 1. The van der Waals surface area contributed by atoms with Gasteiger partial charge >= 0.3 is 0 Å². The first kappa shape index (κ1) is 38.1. The lowest BCUT2D eigenvalue weighted by atomic mass is 9.53. The molecular weight excluding hydrogens is 807 g/mol. The summed E-state index contributed by atoms with van der Waals surface area (Å²) in [4.78, 5) is 15.4. The molecule has 312 valence electrons. The molecule has 3 heterocycles. The number of nitrogens with zero attached hydrogens (tertiary/aromatic N) is 3. The third-order valence-electron chi connectivity index (χ3n) is 13.9. The van der Waals surface area contributed by atoms with E-state index in [1.807, 2.05) is 42.5 Å². The predicted octanol–water partition coefficient (Wildman–Crippen LogP) is 15.2. The van der Waals surface area contributed by atoms with Gasteiger partial charge in [0.1, 0.15) is 22.7 Å². The van der Waals surface area contributed by atoms with Crippen LogP contribution in [0.4, 0.5) is 0 Å². The normalized spacial score (nSPS) is 14.0. The second-order valence-electron chi connectivity index (χ2n) is 17.9. The maximum atomic E-state index is 7.11. The zero-order valence-electron chi connectivity index (χ0n) is 36.4. The lowest BCUT2D eigenvalue weighted by Crippen LogP contribution is -2.43. The van der Waals surface area contributed by atoms with Crippen molar-refractivity contribution in [2.24, 2.45) is 0 Å². The highest BCUT2D eigenvalue weighted by atomic mass is 16.5. The molecule has 66 heavy (non-hydrogen) atoms. The summed E-state index contributed by atoms with van der Waals surface area (Å²) < 4.78 is 13.5. The first-order chi connectivity index (χ1) is 32.5. The van der Waals surface area contributed by atoms with Gasteiger partial charge in [-0.05, 0) is 51.6 Å². The molecule has 2 aromatic heterocycles. The van der Waals surface area contributed by atoms with Crippen molar-refractivity contribution in [1.29, 1.82) is 0 Å². The van der Waals surface area contributed by atoms with Crippen molar-refractivity contribution in [2.75, 3.05) is 0 Å². The Hall–Kier alpha value is -8.41. The van der Waals surface area contributed by atoms with Crippen LogP contribution in [0, 0.1) is 0 Å². The zero-order chi connectivity index (χ0) is 44.0. The van der Waals surface area contributed by atoms with Crippen LogP contribution in [0.5, 0.6) is 11.5 Å². The van der Waals surface area contributed by atoms with E-state index in [9.17, 15) is 0 Å². The highest BCUT2D eigenvalue weighted by molar-refractivity contribution is 6.09. The van der Waals surface area contributed by atoms with Crippen molar-refractivity contribution in [1.82, 2.24) is 15.0 Å². The second-order valence-corrected chi connectivity index (χ2v) is 17.9. The van der Waals surface area contributed by atoms with E-state index in [-0.39, 0.29) is 5.41 Å². The molecule has 5 nitrogen and oxygen atoms in total. The Labute approximate surface area is 382 Å². The Kier molecular flexibility index (Phi) is 8.40. The third-order valence-corrected chi connectivity index (χ3v) is 13.9. The fraction of sp³-hybridized carbons (Fsp3) is 0.0656. The Morgan fingerprint density at radius 3 is 1.61 bits per heavy atom. The number of ether oxygens (including phenoxy) is 1. The van der Waals surface area contributed by atoms with E-state index in [1.54, 1.807) is 0 Å². The SMILES string of the molecule is CC1(C)c2ccccc2C2(c3ccccc3Oc3c(-c4cccc(-c5nc(-c6ccccc6)nc(-c6ccc(-c7cccc8c7oc7ccccc78)cc6)n5)c4)cccc32)c2ccccc21. The number of rotatable bonds is 5. The van der Waals surface area contributed by atoms with Crippen LogP contribution in [-0.2, 0) is 10.8 Å². The van der Waals surface area contributed by atoms with E-state index < -0.39 is 5.41 Å². The van der Waals surface area contributed by atoms with E-state index in [1.165, 1.54) is 22.3 Å². The fourth-order valence-electron chi connectivity index (χ4n) is 10.8. The quantitative estimate of drug-likeness (QED) is 0.173. The molecule has 11 aromatic rings. The molecule has 1 aliphatic carbocycles. The number of para-hydroxylation sites is 4. The van der Waals surface area contributed by atoms with Crippen LogP contribution in [0.1, 0.15) is 47.2 Å². The molecule has 5 heteroatoms. The lowest BCUT2D eigenvalue weighted by molar-refractivity contribution is 0.427. The van der Waals surface area contributed by atoms with Crippen LogP contribution in [0.2, 0.25) is 0 Å². The molecule has 1 spiro atoms. The number of benzene rings is 9. The molecule has 0 saturated heterocycles. The van der Waals surface area contributed by atoms with Crippen LogP contribution in [0.25, 0.3) is 78.4 Å². The summed E-state index contributed by atoms with van der Waals surface area (Å²) in [5, 5.41) is 2.21. The summed E-state index contributed by atoms with van der Waals surface area (Å²) in [5.74, 6) is 3.48. The van der Waals surface area contributed by atoms with Crippen LogP contribution in [0.3, 0.4) is 0 Å². The molecule has 0 atom stereocenters. The Bertz CT molecular complexity index is 3670. The van der Waals surface area contributed by atoms with Crippen molar-refractivity contribution < 1.29 is 9.15 Å². The molecule has 0 saturated carbocycles. The molecule has 0 N–H and O–H groups in total. The van der Waals surface area contributed by atoms with Gasteiger partial charge in [0.2, 0.25) is 0 Å². The van der Waals surface area contributed by atoms with E-state index in [0.29, 0.717) is 17.5 Å². The minimum Gasteiger partial charge on any atom is -0.456 e. The zero-order valence-corrected chi connectivity index (χ0v) is 36.4. The van der Waals surface area contributed by atoms with Gasteiger partial charge in [-0.15, -0.1) is 0 Å². The molecule has 0 amide bonds. The van der Waals surface area contributed by atoms with Gasteiger partial charge in [-0.25, -0.2) is 15.0 Å². The van der Waals surface area contributed by atoms with Gasteiger partial charge < -0.3 is 9.15 Å². The number of aromatic nitrogens is 3. The largest absolute Gasteiger partial charge is 0.456 e. The summed E-state index contributed by atoms with van der Waals surface area (Å²) in [5.41, 5.74) is 15.2. The van der Waals surface area contributed by atoms with Crippen LogP contribution in [-0.4, -0.2) is 15.0 Å². The van der Waals surface area contributed by atoms with Crippen molar-refractivity contribution in [3.05, 3.63) is 246 Å². The first-order valence-corrected chi connectivity index (χ1v) is 22.5. The van der Waals surface area contributed by atoms with Crippen LogP contribution >= 0.6 is 0 Å². The van der Waals surface area contributed by atoms with E-state index in [2.05, 4.69) is 184 Å². The molecule has 0 radical (unpaired) electrons. The Morgan fingerprint density at radius 2 is 0.864 bits per heavy atom. The standard InChI is InChI=1S/C61H41N3O2/c1-60(2)47-25-7-9-27-49(47)61(50-28-10-8-26-48(50)60)51-29-11-13-32-54(51)66-56-44(23-16-30-52(56)61)41-19-14-20-42(37-41)59-63-57(39-17-4-3-5-18-39)62-58(64-59)40-35-33-38(34-36-40)43-22-15-24-46-45-21-6-12-31-53(45)65-55(43)46/h3-37H,1-2H3. The monoisotopic (exact) mass is 847 g/mol. The smallest absolute Gasteiger partial charge is 0.164 e. The van der Waals surface area contributed by atoms with Crippen molar-refractivity contribution in [2.45, 2.75) is 24.7 Å². The molecule has 0 unspecified atom stereocenters. The number of hydrogen-bond donors (Lipinski definition) is 0. The maximum absolute atomic E-state index is 7.11. The highest BCUT2D eigenvalue weighted by Gasteiger charge is 2.53. The molecular formula is C61H41N3O2. The molecule has 1 aliphatic heterocycles. The summed E-state index contributed by atoms with van der Waals surface area (Å²) in [6.45, 7) is 4.70. The van der Waals surface area contributed by atoms with Gasteiger partial charge in [0.05, 0.1) is 5.41 Å². The fourth-order valence-corrected chi connectivity index (χ4v) is 10.8. The van der Waals surface area contributed by atoms with E-state index in [0.717, 1.165) is 83.5 Å². The third kappa shape index (κ3) is 5.63. The molecule has 13 rings (SSSR count). The number of fused-ring (bicyclic) bond motifs is 11. The van der Waals surface area contributed by atoms with Crippen molar-refractivity contribution in [3.8, 4) is 67.9 Å². The summed E-state index contributed by atoms with van der Waals surface area (Å²) in [7, 11) is 0. The highest BCUT2D eigenvalue weighted by Crippen LogP contribution is 2.62. The first-order valence-electron chi connectivity index (χ1n) is 22.5. The van der Waals surface area contributed by atoms with Crippen LogP contribution in [0.15, 0.2) is 217 Å². The van der Waals surface area contributed by atoms with E-state index >= 15 is 0 Å². The minimum absolute atomic E-state index is 0.202. The van der Waals surface area contributed by atoms with Crippen molar-refractivity contribution >= 4 is 21.9 Å². The lowest BCUT2D eigenvalue weighted by Gasteiger charge is -2.50. The van der Waals surface area contributed by atoms with Gasteiger partial charge in [0, 0.05) is 55.1 Å². The van der Waals surface area contributed by atoms with E-state index in [4.69, 9.17) is 24.1 Å². The second kappa shape index (κ2) is 14.6. The molecule has 9 aromatic carbocycles. The summed E-state index contributed by atoms with van der Waals surface area (Å²) in [6, 6.07) is 74.7. The minimum atomic E-state index is -0.609. The maximum Gasteiger partial charge on any atom is 0.164 e. The Balaban J connectivity index is 0.950.